The molecule has 0 aromatic heterocycles. The third kappa shape index (κ3) is 3.05. The first-order valence-electron chi connectivity index (χ1n) is 7.70. The van der Waals surface area contributed by atoms with E-state index in [2.05, 4.69) is 19.9 Å². The Kier molecular flexibility index (Phi) is 4.05. The lowest BCUT2D eigenvalue weighted by atomic mass is 10.1. The second-order valence-corrected chi connectivity index (χ2v) is 7.38. The van der Waals surface area contributed by atoms with E-state index in [9.17, 15) is 4.79 Å². The summed E-state index contributed by atoms with van der Waals surface area (Å²) in [4.78, 5) is 12.4. The molecule has 0 saturated heterocycles. The third-order valence-electron chi connectivity index (χ3n) is 4.59. The Bertz CT molecular complexity index is 674. The van der Waals surface area contributed by atoms with Crippen molar-refractivity contribution in [1.29, 1.82) is 0 Å². The number of hydrogen-bond acceptors (Lipinski definition) is 4. The normalized spacial score (nSPS) is 23.3. The van der Waals surface area contributed by atoms with E-state index in [0.717, 1.165) is 5.56 Å². The highest BCUT2D eigenvalue weighted by Gasteiger charge is 2.61. The first-order chi connectivity index (χ1) is 10.8. The van der Waals surface area contributed by atoms with Gasteiger partial charge in [0.25, 0.3) is 0 Å². The van der Waals surface area contributed by atoms with Gasteiger partial charge in [-0.3, -0.25) is 4.79 Å². The minimum atomic E-state index is -0.175. The number of benzene rings is 1. The van der Waals surface area contributed by atoms with Crippen molar-refractivity contribution in [2.75, 3.05) is 6.79 Å². The molecule has 4 nitrogen and oxygen atoms in total. The lowest BCUT2D eigenvalue weighted by Gasteiger charge is -2.08. The Balaban J connectivity index is 1.65. The minimum absolute atomic E-state index is 0.0486. The van der Waals surface area contributed by atoms with Gasteiger partial charge >= 0.3 is 5.97 Å². The van der Waals surface area contributed by atoms with E-state index in [1.807, 2.05) is 13.8 Å². The highest BCUT2D eigenvalue weighted by Crippen LogP contribution is 2.59. The summed E-state index contributed by atoms with van der Waals surface area (Å²) < 4.78 is 16.1. The van der Waals surface area contributed by atoms with Gasteiger partial charge in [0, 0.05) is 11.6 Å². The maximum Gasteiger partial charge on any atom is 0.310 e. The molecule has 0 spiro atoms. The highest BCUT2D eigenvalue weighted by molar-refractivity contribution is 6.31. The lowest BCUT2D eigenvalue weighted by Crippen LogP contribution is -2.10. The summed E-state index contributed by atoms with van der Waals surface area (Å²) in [6.07, 6.45) is 2.15. The van der Waals surface area contributed by atoms with Crippen LogP contribution in [0.15, 0.2) is 23.8 Å². The van der Waals surface area contributed by atoms with Crippen molar-refractivity contribution in [3.05, 3.63) is 34.4 Å². The fourth-order valence-corrected chi connectivity index (χ4v) is 3.31. The molecule has 3 rings (SSSR count). The first kappa shape index (κ1) is 16.2. The third-order valence-corrected chi connectivity index (χ3v) is 4.94. The van der Waals surface area contributed by atoms with Crippen molar-refractivity contribution < 1.29 is 19.0 Å². The molecular weight excluding hydrogens is 316 g/mol. The van der Waals surface area contributed by atoms with Gasteiger partial charge in [0.1, 0.15) is 6.61 Å². The number of rotatable bonds is 4. The van der Waals surface area contributed by atoms with E-state index in [1.54, 1.807) is 12.1 Å². The Labute approximate surface area is 141 Å². The summed E-state index contributed by atoms with van der Waals surface area (Å²) >= 11 is 6.20. The van der Waals surface area contributed by atoms with E-state index in [-0.39, 0.29) is 36.6 Å². The van der Waals surface area contributed by atoms with Crippen LogP contribution in [-0.4, -0.2) is 12.8 Å². The average Bonchev–Trinajstić information content (AvgIpc) is 2.82. The number of carbonyl (C=O) groups is 1. The van der Waals surface area contributed by atoms with Gasteiger partial charge < -0.3 is 14.2 Å². The molecule has 5 heteroatoms. The summed E-state index contributed by atoms with van der Waals surface area (Å²) in [7, 11) is 0. The maximum absolute atomic E-state index is 12.4. The van der Waals surface area contributed by atoms with Crippen LogP contribution in [0.2, 0.25) is 5.02 Å². The summed E-state index contributed by atoms with van der Waals surface area (Å²) in [6, 6.07) is 3.46. The van der Waals surface area contributed by atoms with Gasteiger partial charge in [-0.25, -0.2) is 0 Å². The van der Waals surface area contributed by atoms with Crippen molar-refractivity contribution in [3.63, 3.8) is 0 Å². The Hall–Kier alpha value is -1.68. The zero-order valence-corrected chi connectivity index (χ0v) is 14.6. The van der Waals surface area contributed by atoms with Gasteiger partial charge in [-0.1, -0.05) is 37.1 Å². The molecule has 0 radical (unpaired) electrons. The standard InChI is InChI=1S/C18H21ClO4/c1-10(2)5-12-16(18(12,3)4)17(20)21-8-11-6-14-15(7-13(11)19)23-9-22-14/h5-7,12,16H,8-9H2,1-4H3/t12-,16+/m1/s1. The van der Waals surface area contributed by atoms with Crippen molar-refractivity contribution in [3.8, 4) is 11.5 Å². The zero-order valence-electron chi connectivity index (χ0n) is 13.8. The molecule has 0 amide bonds. The molecule has 0 N–H and O–H groups in total. The molecule has 0 bridgehead atoms. The van der Waals surface area contributed by atoms with Crippen LogP contribution in [-0.2, 0) is 16.1 Å². The molecule has 1 aliphatic heterocycles. The molecule has 2 atom stereocenters. The van der Waals surface area contributed by atoms with Crippen LogP contribution in [0.25, 0.3) is 0 Å². The second kappa shape index (κ2) is 5.75. The van der Waals surface area contributed by atoms with Gasteiger partial charge in [0.05, 0.1) is 10.9 Å². The van der Waals surface area contributed by atoms with Crippen LogP contribution in [0.5, 0.6) is 11.5 Å². The molecule has 124 valence electrons. The second-order valence-electron chi connectivity index (χ2n) is 6.97. The van der Waals surface area contributed by atoms with Gasteiger partial charge in [-0.15, -0.1) is 0 Å². The van der Waals surface area contributed by atoms with Crippen LogP contribution < -0.4 is 9.47 Å². The number of fused-ring (bicyclic) bond motifs is 1. The van der Waals surface area contributed by atoms with Gasteiger partial charge in [-0.05, 0) is 31.2 Å². The summed E-state index contributed by atoms with van der Waals surface area (Å²) in [5, 5.41) is 0.512. The fourth-order valence-electron chi connectivity index (χ4n) is 3.11. The van der Waals surface area contributed by atoms with E-state index in [1.165, 1.54) is 5.57 Å². The molecule has 2 aliphatic rings. The summed E-state index contributed by atoms with van der Waals surface area (Å²) in [6.45, 7) is 8.61. The molecule has 1 saturated carbocycles. The van der Waals surface area contributed by atoms with E-state index in [4.69, 9.17) is 25.8 Å². The smallest absolute Gasteiger partial charge is 0.310 e. The van der Waals surface area contributed by atoms with Gasteiger partial charge in [0.15, 0.2) is 11.5 Å². The van der Waals surface area contributed by atoms with Crippen LogP contribution in [0, 0.1) is 17.3 Å². The highest BCUT2D eigenvalue weighted by atomic mass is 35.5. The fraction of sp³-hybridized carbons (Fsp3) is 0.500. The van der Waals surface area contributed by atoms with Crippen LogP contribution >= 0.6 is 11.6 Å². The molecule has 1 heterocycles. The SMILES string of the molecule is CC(C)=C[C@@H]1[C@@H](C(=O)OCc2cc3c(cc2Cl)OCO3)C1(C)C. The molecule has 23 heavy (non-hydrogen) atoms. The number of halogens is 1. The van der Waals surface area contributed by atoms with Gasteiger partial charge in [-0.2, -0.15) is 0 Å². The Morgan fingerprint density at radius 3 is 2.65 bits per heavy atom. The molecule has 1 aromatic carbocycles. The molecule has 1 aromatic rings. The Morgan fingerprint density at radius 2 is 2.00 bits per heavy atom. The number of hydrogen-bond donors (Lipinski definition) is 0. The lowest BCUT2D eigenvalue weighted by molar-refractivity contribution is -0.147. The van der Waals surface area contributed by atoms with Crippen LogP contribution in [0.4, 0.5) is 0 Å². The monoisotopic (exact) mass is 336 g/mol. The van der Waals surface area contributed by atoms with Crippen molar-refractivity contribution in [1.82, 2.24) is 0 Å². The molecule has 1 fully saturated rings. The minimum Gasteiger partial charge on any atom is -0.461 e. The predicted molar refractivity (Wildman–Crippen MR) is 87.6 cm³/mol. The summed E-state index contributed by atoms with van der Waals surface area (Å²) in [5.41, 5.74) is 1.89. The molecule has 1 aliphatic carbocycles. The molecular formula is C18H21ClO4. The van der Waals surface area contributed by atoms with Crippen molar-refractivity contribution in [2.45, 2.75) is 34.3 Å². The van der Waals surface area contributed by atoms with E-state index >= 15 is 0 Å². The van der Waals surface area contributed by atoms with E-state index in [0.29, 0.717) is 16.5 Å². The number of carbonyl (C=O) groups excluding carboxylic acids is 1. The predicted octanol–water partition coefficient (Wildman–Crippen LogP) is 4.35. The number of ether oxygens (including phenoxy) is 3. The summed E-state index contributed by atoms with van der Waals surface area (Å²) in [5.74, 6) is 1.23. The maximum atomic E-state index is 12.4. The Morgan fingerprint density at radius 1 is 1.35 bits per heavy atom. The molecule has 0 unspecified atom stereocenters. The van der Waals surface area contributed by atoms with Gasteiger partial charge in [0.2, 0.25) is 6.79 Å². The average molecular weight is 337 g/mol. The van der Waals surface area contributed by atoms with Crippen LogP contribution in [0.1, 0.15) is 33.3 Å². The van der Waals surface area contributed by atoms with Crippen molar-refractivity contribution >= 4 is 17.6 Å². The van der Waals surface area contributed by atoms with Crippen LogP contribution in [0.3, 0.4) is 0 Å². The number of esters is 1. The quantitative estimate of drug-likeness (QED) is 0.605. The van der Waals surface area contributed by atoms with Crippen molar-refractivity contribution in [2.24, 2.45) is 17.3 Å². The topological polar surface area (TPSA) is 44.8 Å². The van der Waals surface area contributed by atoms with E-state index < -0.39 is 0 Å². The number of allylic oxidation sites excluding steroid dienone is 2. The zero-order chi connectivity index (χ0) is 16.8. The largest absolute Gasteiger partial charge is 0.461 e. The first-order valence-corrected chi connectivity index (χ1v) is 8.08.